The maximum absolute atomic E-state index is 6.14. The summed E-state index contributed by atoms with van der Waals surface area (Å²) < 4.78 is 5.12. The lowest BCUT2D eigenvalue weighted by Crippen LogP contribution is -2.12. The van der Waals surface area contributed by atoms with Crippen molar-refractivity contribution in [1.82, 2.24) is 4.98 Å². The predicted octanol–water partition coefficient (Wildman–Crippen LogP) is 3.75. The van der Waals surface area contributed by atoms with Gasteiger partial charge in [-0.1, -0.05) is 23.2 Å². The number of nitrogens with two attached hydrogens (primary N) is 1. The van der Waals surface area contributed by atoms with Crippen LogP contribution in [0.3, 0.4) is 0 Å². The Morgan fingerprint density at radius 2 is 1.79 bits per heavy atom. The van der Waals surface area contributed by atoms with E-state index in [1.54, 1.807) is 13.2 Å². The van der Waals surface area contributed by atoms with Crippen molar-refractivity contribution in [3.63, 3.8) is 0 Å². The third-order valence-electron chi connectivity index (χ3n) is 2.72. The Kier molecular flexibility index (Phi) is 4.02. The van der Waals surface area contributed by atoms with E-state index in [0.717, 1.165) is 11.4 Å². The van der Waals surface area contributed by atoms with Crippen molar-refractivity contribution in [3.05, 3.63) is 40.4 Å². The summed E-state index contributed by atoms with van der Waals surface area (Å²) in [6.45, 7) is 0. The van der Waals surface area contributed by atoms with E-state index >= 15 is 0 Å². The second-order valence-electron chi connectivity index (χ2n) is 3.92. The van der Waals surface area contributed by atoms with Gasteiger partial charge in [0.2, 0.25) is 0 Å². The molecule has 0 saturated carbocycles. The van der Waals surface area contributed by atoms with Crippen LogP contribution in [0.1, 0.15) is 0 Å². The SMILES string of the molecule is COc1ccc(N(C)c2nc(N)c(Cl)cc2Cl)cc1. The van der Waals surface area contributed by atoms with Crippen LogP contribution >= 0.6 is 23.2 Å². The average molecular weight is 298 g/mol. The van der Waals surface area contributed by atoms with Crippen LogP contribution in [-0.4, -0.2) is 19.1 Å². The lowest BCUT2D eigenvalue weighted by atomic mass is 10.2. The summed E-state index contributed by atoms with van der Waals surface area (Å²) >= 11 is 12.0. The predicted molar refractivity (Wildman–Crippen MR) is 79.7 cm³/mol. The Bertz CT molecular complexity index is 587. The van der Waals surface area contributed by atoms with Gasteiger partial charge in [-0.2, -0.15) is 0 Å². The van der Waals surface area contributed by atoms with Crippen LogP contribution in [0.25, 0.3) is 0 Å². The molecular formula is C13H13Cl2N3O. The first-order valence-electron chi connectivity index (χ1n) is 5.52. The fourth-order valence-corrected chi connectivity index (χ4v) is 2.12. The van der Waals surface area contributed by atoms with Crippen LogP contribution in [0.15, 0.2) is 30.3 Å². The molecule has 0 spiro atoms. The molecule has 1 aromatic carbocycles. The zero-order valence-corrected chi connectivity index (χ0v) is 12.0. The molecule has 0 aliphatic carbocycles. The molecule has 19 heavy (non-hydrogen) atoms. The van der Waals surface area contributed by atoms with Crippen molar-refractivity contribution in [1.29, 1.82) is 0 Å². The summed E-state index contributed by atoms with van der Waals surface area (Å²) in [5.41, 5.74) is 6.62. The summed E-state index contributed by atoms with van der Waals surface area (Å²) in [6, 6.07) is 9.11. The van der Waals surface area contributed by atoms with E-state index in [4.69, 9.17) is 33.7 Å². The zero-order chi connectivity index (χ0) is 14.0. The molecule has 1 aromatic heterocycles. The Morgan fingerprint density at radius 1 is 1.16 bits per heavy atom. The van der Waals surface area contributed by atoms with Crippen molar-refractivity contribution in [2.24, 2.45) is 0 Å². The number of methoxy groups -OCH3 is 1. The van der Waals surface area contributed by atoms with Crippen LogP contribution in [0.2, 0.25) is 10.0 Å². The first-order chi connectivity index (χ1) is 9.02. The molecule has 0 unspecified atom stereocenters. The van der Waals surface area contributed by atoms with Crippen molar-refractivity contribution in [2.75, 3.05) is 24.8 Å². The molecule has 0 atom stereocenters. The quantitative estimate of drug-likeness (QED) is 0.937. The fraction of sp³-hybridized carbons (Fsp3) is 0.154. The highest BCUT2D eigenvalue weighted by Crippen LogP contribution is 2.33. The normalized spacial score (nSPS) is 10.3. The summed E-state index contributed by atoms with van der Waals surface area (Å²) in [5, 5.41) is 0.786. The van der Waals surface area contributed by atoms with Gasteiger partial charge in [0.15, 0.2) is 5.82 Å². The van der Waals surface area contributed by atoms with E-state index in [1.165, 1.54) is 0 Å². The van der Waals surface area contributed by atoms with Crippen LogP contribution in [0.5, 0.6) is 5.75 Å². The van der Waals surface area contributed by atoms with E-state index in [9.17, 15) is 0 Å². The molecule has 1 heterocycles. The first-order valence-corrected chi connectivity index (χ1v) is 6.28. The van der Waals surface area contributed by atoms with Crippen LogP contribution in [-0.2, 0) is 0 Å². The number of hydrogen-bond acceptors (Lipinski definition) is 4. The van der Waals surface area contributed by atoms with Gasteiger partial charge in [0, 0.05) is 12.7 Å². The average Bonchev–Trinajstić information content (AvgIpc) is 2.42. The van der Waals surface area contributed by atoms with E-state index in [-0.39, 0.29) is 5.82 Å². The first kappa shape index (κ1) is 13.8. The lowest BCUT2D eigenvalue weighted by Gasteiger charge is -2.20. The summed E-state index contributed by atoms with van der Waals surface area (Å²) in [5.74, 6) is 1.59. The summed E-state index contributed by atoms with van der Waals surface area (Å²) in [4.78, 5) is 6.03. The molecule has 0 radical (unpaired) electrons. The molecule has 0 amide bonds. The smallest absolute Gasteiger partial charge is 0.154 e. The molecule has 0 saturated heterocycles. The maximum atomic E-state index is 6.14. The van der Waals surface area contributed by atoms with Gasteiger partial charge in [-0.25, -0.2) is 4.98 Å². The molecule has 0 fully saturated rings. The van der Waals surface area contributed by atoms with Gasteiger partial charge in [-0.15, -0.1) is 0 Å². The third kappa shape index (κ3) is 2.85. The Labute approximate surface area is 121 Å². The number of nitrogens with zero attached hydrogens (tertiary/aromatic N) is 2. The number of ether oxygens (including phenoxy) is 1. The van der Waals surface area contributed by atoms with Gasteiger partial charge in [-0.05, 0) is 30.3 Å². The number of rotatable bonds is 3. The molecule has 2 rings (SSSR count). The van der Waals surface area contributed by atoms with Crippen LogP contribution in [0, 0.1) is 0 Å². The van der Waals surface area contributed by atoms with Crippen molar-refractivity contribution in [2.45, 2.75) is 0 Å². The Hall–Kier alpha value is -1.65. The number of benzene rings is 1. The van der Waals surface area contributed by atoms with Gasteiger partial charge in [-0.3, -0.25) is 0 Å². The molecule has 0 aliphatic heterocycles. The monoisotopic (exact) mass is 297 g/mol. The van der Waals surface area contributed by atoms with Crippen LogP contribution < -0.4 is 15.4 Å². The zero-order valence-electron chi connectivity index (χ0n) is 10.5. The number of pyridine rings is 1. The third-order valence-corrected chi connectivity index (χ3v) is 3.30. The minimum absolute atomic E-state index is 0.251. The lowest BCUT2D eigenvalue weighted by molar-refractivity contribution is 0.415. The molecule has 4 nitrogen and oxygen atoms in total. The fourth-order valence-electron chi connectivity index (χ4n) is 1.63. The number of anilines is 3. The molecule has 2 N–H and O–H groups in total. The van der Waals surface area contributed by atoms with Gasteiger partial charge < -0.3 is 15.4 Å². The van der Waals surface area contributed by atoms with E-state index in [1.807, 2.05) is 36.2 Å². The minimum Gasteiger partial charge on any atom is -0.497 e. The van der Waals surface area contributed by atoms with Gasteiger partial charge in [0.25, 0.3) is 0 Å². The Balaban J connectivity index is 2.37. The largest absolute Gasteiger partial charge is 0.497 e. The van der Waals surface area contributed by atoms with Gasteiger partial charge >= 0.3 is 0 Å². The number of halogens is 2. The van der Waals surface area contributed by atoms with Gasteiger partial charge in [0.1, 0.15) is 11.6 Å². The topological polar surface area (TPSA) is 51.4 Å². The van der Waals surface area contributed by atoms with E-state index < -0.39 is 0 Å². The standard InChI is InChI=1S/C13H13Cl2N3O/c1-18(8-3-5-9(19-2)6-4-8)13-11(15)7-10(14)12(16)17-13/h3-7H,1-2H3,(H2,16,17). The molecular weight excluding hydrogens is 285 g/mol. The number of nitrogen functional groups attached to an aromatic ring is 1. The van der Waals surface area contributed by atoms with Crippen LogP contribution in [0.4, 0.5) is 17.3 Å². The molecule has 100 valence electrons. The number of aromatic nitrogens is 1. The maximum Gasteiger partial charge on any atom is 0.154 e. The van der Waals surface area contributed by atoms with Crippen molar-refractivity contribution < 1.29 is 4.74 Å². The molecule has 6 heteroatoms. The van der Waals surface area contributed by atoms with Crippen molar-refractivity contribution >= 4 is 40.5 Å². The van der Waals surface area contributed by atoms with E-state index in [2.05, 4.69) is 4.98 Å². The molecule has 0 bridgehead atoms. The second-order valence-corrected chi connectivity index (χ2v) is 4.73. The summed E-state index contributed by atoms with van der Waals surface area (Å²) in [6.07, 6.45) is 0. The highest BCUT2D eigenvalue weighted by Gasteiger charge is 2.13. The highest BCUT2D eigenvalue weighted by atomic mass is 35.5. The van der Waals surface area contributed by atoms with E-state index in [0.29, 0.717) is 15.9 Å². The summed E-state index contributed by atoms with van der Waals surface area (Å²) in [7, 11) is 3.47. The van der Waals surface area contributed by atoms with Crippen molar-refractivity contribution in [3.8, 4) is 5.75 Å². The minimum atomic E-state index is 0.251. The number of hydrogen-bond donors (Lipinski definition) is 1. The highest BCUT2D eigenvalue weighted by molar-refractivity contribution is 6.37. The molecule has 0 aliphatic rings. The van der Waals surface area contributed by atoms with Gasteiger partial charge in [0.05, 0.1) is 17.2 Å². The molecule has 2 aromatic rings. The Morgan fingerprint density at radius 3 is 2.37 bits per heavy atom. The second kappa shape index (κ2) is 5.55.